The third-order valence-electron chi connectivity index (χ3n) is 11.6. The number of nitrogens with zero attached hydrogens (tertiary/aromatic N) is 4. The minimum atomic E-state index is -2.45. The van der Waals surface area contributed by atoms with Gasteiger partial charge in [0.25, 0.3) is 0 Å². The Labute approximate surface area is 489 Å². The molecule has 0 unspecified atom stereocenters. The van der Waals surface area contributed by atoms with E-state index in [0.29, 0.717) is 0 Å². The maximum atomic E-state index is 5.92. The molecule has 0 N–H and O–H groups in total. The van der Waals surface area contributed by atoms with E-state index in [9.17, 15) is 0 Å². The SMILES string of the molecule is C[Si](C)(C)N=P(C=P([N-][Si](C)(C)C)(c1ccccc1)c1ccccc1)(c1ccccc1)c1ccccc1.C[Si](C)(C)[N-]P(=C=P([N-][Si](C)(C)C)(c1ccccc1)c1ccccc1)(c1ccccc1)c1ccccc1.[Sm+3]. The Morgan fingerprint density at radius 2 is 0.520 bits per heavy atom. The van der Waals surface area contributed by atoms with Gasteiger partial charge in [0, 0.05) is 7.05 Å². The van der Waals surface area contributed by atoms with Crippen molar-refractivity contribution < 1.29 is 40.4 Å². The van der Waals surface area contributed by atoms with Crippen LogP contribution in [0.1, 0.15) is 0 Å². The summed E-state index contributed by atoms with van der Waals surface area (Å²) in [6, 6.07) is 87.8. The smallest absolute Gasteiger partial charge is 0.631 e. The van der Waals surface area contributed by atoms with Crippen LogP contribution < -0.4 is 42.4 Å². The molecular weight excluding hydrogens is 1190 g/mol. The van der Waals surface area contributed by atoms with E-state index in [-0.39, 0.29) is 40.4 Å². The largest absolute Gasteiger partial charge is 3.00 e. The third-order valence-corrected chi connectivity index (χ3v) is 39.6. The minimum Gasteiger partial charge on any atom is -0.631 e. The Hall–Kier alpha value is -2.98. The summed E-state index contributed by atoms with van der Waals surface area (Å²) in [7, 11) is -17.1. The molecule has 0 aromatic heterocycles. The maximum Gasteiger partial charge on any atom is 3.00 e. The second kappa shape index (κ2) is 26.3. The Balaban J connectivity index is 0.000000241. The predicted molar refractivity (Wildman–Crippen MR) is 353 cm³/mol. The Bertz CT molecular complexity index is 3000. The van der Waals surface area contributed by atoms with E-state index >= 15 is 0 Å². The average molecular weight is 1260 g/mol. The number of hydrogen-bond acceptors (Lipinski definition) is 1. The van der Waals surface area contributed by atoms with Crippen LogP contribution in [0.4, 0.5) is 0 Å². The summed E-state index contributed by atoms with van der Waals surface area (Å²) < 4.78 is 23.6. The summed E-state index contributed by atoms with van der Waals surface area (Å²) in [5.74, 6) is 0. The number of rotatable bonds is 16. The predicted octanol–water partition coefficient (Wildman–Crippen LogP) is 16.4. The third kappa shape index (κ3) is 16.1. The zero-order valence-electron chi connectivity index (χ0n) is 46.2. The van der Waals surface area contributed by atoms with Crippen LogP contribution in [0.25, 0.3) is 14.3 Å². The van der Waals surface area contributed by atoms with Crippen LogP contribution in [0.15, 0.2) is 247 Å². The zero-order valence-corrected chi connectivity index (χ0v) is 56.4. The van der Waals surface area contributed by atoms with Crippen LogP contribution >= 0.6 is 28.2 Å². The molecule has 0 amide bonds. The van der Waals surface area contributed by atoms with E-state index in [2.05, 4.69) is 332 Å². The molecule has 75 heavy (non-hydrogen) atoms. The van der Waals surface area contributed by atoms with Crippen molar-refractivity contribution in [2.45, 2.75) is 78.6 Å². The standard InChI is InChI=1S/C31H39N2P2Si2.C31H38N2P2Si2.Sm/c2*1-36(2,3)32-34(28-19-11-7-12-20-28,29-21-13-8-14-22-29)27-35(33-37(4,5)6,30-23-15-9-16-24-30)31-25-17-10-18-26-31;/h7-27H,1-6H3;7-26H,1-6H3;/q-1;-2;+3. The molecule has 0 saturated heterocycles. The van der Waals surface area contributed by atoms with E-state index in [0.717, 1.165) is 0 Å². The summed E-state index contributed by atoms with van der Waals surface area (Å²) in [6.07, 6.45) is 0. The van der Waals surface area contributed by atoms with Crippen LogP contribution in [0.5, 0.6) is 0 Å². The molecule has 0 spiro atoms. The number of hydrogen-bond donors (Lipinski definition) is 0. The Morgan fingerprint density at radius 3 is 0.733 bits per heavy atom. The molecule has 4 nitrogen and oxygen atoms in total. The molecular formula is C62H77N4P4Si4Sm. The van der Waals surface area contributed by atoms with E-state index in [1.165, 1.54) is 42.4 Å². The fourth-order valence-electron chi connectivity index (χ4n) is 9.15. The van der Waals surface area contributed by atoms with Gasteiger partial charge in [-0.3, -0.25) is 0 Å². The van der Waals surface area contributed by atoms with Crippen molar-refractivity contribution in [1.82, 2.24) is 0 Å². The van der Waals surface area contributed by atoms with E-state index in [1.807, 2.05) is 0 Å². The van der Waals surface area contributed by atoms with Crippen molar-refractivity contribution in [2.24, 2.45) is 4.41 Å². The van der Waals surface area contributed by atoms with Crippen molar-refractivity contribution in [2.75, 3.05) is 0 Å². The van der Waals surface area contributed by atoms with Crippen molar-refractivity contribution in [3.05, 3.63) is 257 Å². The van der Waals surface area contributed by atoms with Gasteiger partial charge in [0.05, 0.1) is 0 Å². The molecule has 13 heteroatoms. The van der Waals surface area contributed by atoms with E-state index in [4.69, 9.17) is 18.7 Å². The molecule has 0 heterocycles. The molecule has 0 aliphatic carbocycles. The second-order valence-corrected chi connectivity index (χ2v) is 54.3. The first-order valence-corrected chi connectivity index (χ1v) is 46.6. The van der Waals surface area contributed by atoms with Gasteiger partial charge in [-0.15, -0.1) is 21.1 Å². The van der Waals surface area contributed by atoms with E-state index in [1.54, 1.807) is 0 Å². The van der Waals surface area contributed by atoms with Crippen LogP contribution in [-0.4, -0.2) is 43.7 Å². The molecule has 1 radical (unpaired) electrons. The Kier molecular flexibility index (Phi) is 21.5. The van der Waals surface area contributed by atoms with Crippen molar-refractivity contribution in [3.8, 4) is 0 Å². The van der Waals surface area contributed by atoms with Crippen molar-refractivity contribution in [3.63, 3.8) is 0 Å². The van der Waals surface area contributed by atoms with Gasteiger partial charge in [-0.2, -0.15) is 5.17 Å². The summed E-state index contributed by atoms with van der Waals surface area (Å²) in [5, 5.41) is 14.7. The molecule has 8 aromatic rings. The molecule has 0 aliphatic heterocycles. The quantitative estimate of drug-likeness (QED) is 0.0684. The van der Waals surface area contributed by atoms with Gasteiger partial charge >= 0.3 is 40.4 Å². The summed E-state index contributed by atoms with van der Waals surface area (Å²) >= 11 is 0. The summed E-state index contributed by atoms with van der Waals surface area (Å²) in [4.78, 5) is 0. The van der Waals surface area contributed by atoms with Gasteiger partial charge in [0.2, 0.25) is 0 Å². The van der Waals surface area contributed by atoms with Gasteiger partial charge in [-0.25, -0.2) is 0 Å². The average Bonchev–Trinajstić information content (AvgIpc) is 3.38. The van der Waals surface area contributed by atoms with E-state index < -0.39 is 61.1 Å². The van der Waals surface area contributed by atoms with Gasteiger partial charge in [-0.05, 0) is 42.4 Å². The number of benzene rings is 8. The topological polar surface area (TPSA) is 54.7 Å². The Morgan fingerprint density at radius 1 is 0.307 bits per heavy atom. The van der Waals surface area contributed by atoms with Crippen molar-refractivity contribution in [1.29, 1.82) is 0 Å². The molecule has 387 valence electrons. The monoisotopic (exact) mass is 1270 g/mol. The summed E-state index contributed by atoms with van der Waals surface area (Å²) in [6.45, 7) is 28.2. The van der Waals surface area contributed by atoms with Crippen LogP contribution in [-0.2, 0) is 0 Å². The molecule has 0 aliphatic rings. The van der Waals surface area contributed by atoms with Crippen molar-refractivity contribution >= 4 is 114 Å². The van der Waals surface area contributed by atoms with Crippen LogP contribution in [0.3, 0.4) is 0 Å². The van der Waals surface area contributed by atoms with Gasteiger partial charge in [0.1, 0.15) is 0 Å². The fourth-order valence-corrected chi connectivity index (χ4v) is 43.8. The molecule has 0 bridgehead atoms. The minimum absolute atomic E-state index is 0. The summed E-state index contributed by atoms with van der Waals surface area (Å²) in [5.41, 5.74) is 2.69. The van der Waals surface area contributed by atoms with Gasteiger partial charge in [-0.1, -0.05) is 351 Å². The fraction of sp³-hybridized carbons (Fsp3) is 0.194. The first-order valence-electron chi connectivity index (χ1n) is 25.7. The molecule has 0 fully saturated rings. The zero-order chi connectivity index (χ0) is 53.1. The van der Waals surface area contributed by atoms with Crippen LogP contribution in [0.2, 0.25) is 78.6 Å². The molecule has 0 saturated carbocycles. The normalized spacial score (nSPS) is 12.5. The second-order valence-electron chi connectivity index (χ2n) is 22.6. The molecule has 0 atom stereocenters. The van der Waals surface area contributed by atoms with Gasteiger partial charge in [0.15, 0.2) is 8.24 Å². The maximum absolute atomic E-state index is 5.92. The van der Waals surface area contributed by atoms with Crippen LogP contribution in [0, 0.1) is 40.4 Å². The molecule has 8 rings (SSSR count). The van der Waals surface area contributed by atoms with Gasteiger partial charge < -0.3 is 18.7 Å². The first-order chi connectivity index (χ1) is 35.1. The molecule has 8 aromatic carbocycles. The first kappa shape index (κ1) is 61.2.